The van der Waals surface area contributed by atoms with Gasteiger partial charge in [-0.15, -0.1) is 0 Å². The first-order chi connectivity index (χ1) is 11.1. The van der Waals surface area contributed by atoms with Crippen LogP contribution in [0.4, 0.5) is 0 Å². The number of nitrogens with one attached hydrogen (secondary N) is 1. The highest BCUT2D eigenvalue weighted by Gasteiger charge is 2.19. The molecular formula is C16H17NO6. The van der Waals surface area contributed by atoms with E-state index in [4.69, 9.17) is 18.9 Å². The highest BCUT2D eigenvalue weighted by atomic mass is 16.5. The van der Waals surface area contributed by atoms with Gasteiger partial charge in [-0.05, 0) is 24.3 Å². The van der Waals surface area contributed by atoms with Gasteiger partial charge in [-0.3, -0.25) is 4.79 Å². The number of hydrogen-bond acceptors (Lipinski definition) is 6. The van der Waals surface area contributed by atoms with Crippen LogP contribution in [0.15, 0.2) is 30.5 Å². The Morgan fingerprint density at radius 3 is 2.17 bits per heavy atom. The normalized spacial score (nSPS) is 10.0. The molecule has 2 rings (SSSR count). The summed E-state index contributed by atoms with van der Waals surface area (Å²) in [6, 6.07) is 6.22. The van der Waals surface area contributed by atoms with Gasteiger partial charge in [-0.2, -0.15) is 0 Å². The van der Waals surface area contributed by atoms with Crippen LogP contribution in [0.1, 0.15) is 20.8 Å². The molecule has 2 aromatic rings. The van der Waals surface area contributed by atoms with E-state index in [9.17, 15) is 9.59 Å². The summed E-state index contributed by atoms with van der Waals surface area (Å²) in [6.07, 6.45) is 1.62. The Morgan fingerprint density at radius 2 is 1.70 bits per heavy atom. The second-order valence-corrected chi connectivity index (χ2v) is 4.50. The molecule has 0 spiro atoms. The van der Waals surface area contributed by atoms with Crippen molar-refractivity contribution in [3.05, 3.63) is 41.7 Å². The number of ketones is 1. The van der Waals surface area contributed by atoms with Gasteiger partial charge >= 0.3 is 5.97 Å². The molecule has 1 aromatic heterocycles. The third-order valence-electron chi connectivity index (χ3n) is 3.13. The fourth-order valence-electron chi connectivity index (χ4n) is 1.99. The van der Waals surface area contributed by atoms with E-state index in [0.29, 0.717) is 22.9 Å². The monoisotopic (exact) mass is 319 g/mol. The fraction of sp³-hybridized carbons (Fsp3) is 0.250. The van der Waals surface area contributed by atoms with Crippen molar-refractivity contribution in [2.24, 2.45) is 0 Å². The average molecular weight is 319 g/mol. The Hall–Kier alpha value is -2.96. The van der Waals surface area contributed by atoms with Crippen LogP contribution in [-0.4, -0.2) is 44.7 Å². The van der Waals surface area contributed by atoms with E-state index in [2.05, 4.69) is 4.98 Å². The van der Waals surface area contributed by atoms with Crippen LogP contribution in [0.3, 0.4) is 0 Å². The van der Waals surface area contributed by atoms with Crippen molar-refractivity contribution in [1.29, 1.82) is 0 Å². The summed E-state index contributed by atoms with van der Waals surface area (Å²) in [6.45, 7) is -0.365. The number of aromatic amines is 1. The lowest BCUT2D eigenvalue weighted by atomic mass is 10.2. The number of H-pyrrole nitrogens is 1. The van der Waals surface area contributed by atoms with Crippen LogP contribution < -0.4 is 14.2 Å². The standard InChI is InChI=1S/C16H17NO6/c1-20-13-7-10(8-14(21-2)15(13)22-3)16(19)23-9-12(18)11-5-4-6-17-11/h4-8,17H,9H2,1-3H3. The molecule has 122 valence electrons. The molecule has 0 aliphatic heterocycles. The van der Waals surface area contributed by atoms with E-state index in [1.807, 2.05) is 0 Å². The van der Waals surface area contributed by atoms with Crippen LogP contribution in [0, 0.1) is 0 Å². The van der Waals surface area contributed by atoms with Crippen LogP contribution in [0.2, 0.25) is 0 Å². The highest BCUT2D eigenvalue weighted by Crippen LogP contribution is 2.38. The molecule has 0 aliphatic carbocycles. The first-order valence-corrected chi connectivity index (χ1v) is 6.74. The van der Waals surface area contributed by atoms with E-state index in [1.165, 1.54) is 33.5 Å². The molecule has 0 saturated heterocycles. The van der Waals surface area contributed by atoms with Crippen molar-refractivity contribution in [3.63, 3.8) is 0 Å². The zero-order chi connectivity index (χ0) is 16.8. The average Bonchev–Trinajstić information content (AvgIpc) is 3.12. The number of aromatic nitrogens is 1. The Bertz CT molecular complexity index is 668. The summed E-state index contributed by atoms with van der Waals surface area (Å²) in [7, 11) is 4.36. The van der Waals surface area contributed by atoms with Gasteiger partial charge < -0.3 is 23.9 Å². The van der Waals surface area contributed by atoms with Crippen LogP contribution in [-0.2, 0) is 4.74 Å². The zero-order valence-corrected chi connectivity index (χ0v) is 13.0. The Balaban J connectivity index is 2.14. The third-order valence-corrected chi connectivity index (χ3v) is 3.13. The fourth-order valence-corrected chi connectivity index (χ4v) is 1.99. The second-order valence-electron chi connectivity index (χ2n) is 4.50. The van der Waals surface area contributed by atoms with Crippen molar-refractivity contribution in [2.45, 2.75) is 0 Å². The minimum Gasteiger partial charge on any atom is -0.493 e. The van der Waals surface area contributed by atoms with Crippen molar-refractivity contribution in [3.8, 4) is 17.2 Å². The molecule has 1 aromatic carbocycles. The van der Waals surface area contributed by atoms with E-state index in [-0.39, 0.29) is 18.0 Å². The molecule has 0 bridgehead atoms. The smallest absolute Gasteiger partial charge is 0.338 e. The lowest BCUT2D eigenvalue weighted by molar-refractivity contribution is 0.0473. The third kappa shape index (κ3) is 3.63. The molecule has 1 heterocycles. The maximum absolute atomic E-state index is 12.1. The number of benzene rings is 1. The van der Waals surface area contributed by atoms with Gasteiger partial charge in [0.1, 0.15) is 0 Å². The van der Waals surface area contributed by atoms with E-state index < -0.39 is 5.97 Å². The van der Waals surface area contributed by atoms with Crippen molar-refractivity contribution >= 4 is 11.8 Å². The molecule has 7 heteroatoms. The van der Waals surface area contributed by atoms with E-state index >= 15 is 0 Å². The molecule has 23 heavy (non-hydrogen) atoms. The quantitative estimate of drug-likeness (QED) is 0.621. The maximum atomic E-state index is 12.1. The molecule has 7 nitrogen and oxygen atoms in total. The number of hydrogen-bond donors (Lipinski definition) is 1. The molecule has 1 N–H and O–H groups in total. The zero-order valence-electron chi connectivity index (χ0n) is 13.0. The first kappa shape index (κ1) is 16.4. The van der Waals surface area contributed by atoms with Crippen LogP contribution >= 0.6 is 0 Å². The molecule has 0 aliphatic rings. The molecule has 0 atom stereocenters. The second kappa shape index (κ2) is 7.35. The molecule has 0 fully saturated rings. The van der Waals surface area contributed by atoms with Crippen molar-refractivity contribution in [2.75, 3.05) is 27.9 Å². The predicted molar refractivity (Wildman–Crippen MR) is 81.5 cm³/mol. The van der Waals surface area contributed by atoms with Crippen LogP contribution in [0.25, 0.3) is 0 Å². The Labute approximate surface area is 133 Å². The molecule has 0 unspecified atom stereocenters. The minimum atomic E-state index is -0.663. The number of rotatable bonds is 7. The van der Waals surface area contributed by atoms with E-state index in [0.717, 1.165) is 0 Å². The number of ether oxygens (including phenoxy) is 4. The van der Waals surface area contributed by atoms with Gasteiger partial charge in [0.25, 0.3) is 0 Å². The summed E-state index contributed by atoms with van der Waals surface area (Å²) in [5.41, 5.74) is 0.571. The van der Waals surface area contributed by atoms with Gasteiger partial charge in [-0.25, -0.2) is 4.79 Å². The first-order valence-electron chi connectivity index (χ1n) is 6.74. The van der Waals surface area contributed by atoms with E-state index in [1.54, 1.807) is 18.3 Å². The Kier molecular flexibility index (Phi) is 5.24. The number of carbonyl (C=O) groups is 2. The van der Waals surface area contributed by atoms with Crippen molar-refractivity contribution in [1.82, 2.24) is 4.98 Å². The SMILES string of the molecule is COc1cc(C(=O)OCC(=O)c2ccc[nH]2)cc(OC)c1OC. The maximum Gasteiger partial charge on any atom is 0.338 e. The van der Waals surface area contributed by atoms with Crippen LogP contribution in [0.5, 0.6) is 17.2 Å². The molecule has 0 saturated carbocycles. The van der Waals surface area contributed by atoms with Gasteiger partial charge in [0.05, 0.1) is 32.6 Å². The predicted octanol–water partition coefficient (Wildman–Crippen LogP) is 2.08. The minimum absolute atomic E-state index is 0.193. The summed E-state index contributed by atoms with van der Waals surface area (Å²) >= 11 is 0. The highest BCUT2D eigenvalue weighted by molar-refractivity contribution is 5.98. The van der Waals surface area contributed by atoms with Gasteiger partial charge in [0.15, 0.2) is 18.1 Å². The Morgan fingerprint density at radius 1 is 1.04 bits per heavy atom. The van der Waals surface area contributed by atoms with Gasteiger partial charge in [0, 0.05) is 6.20 Å². The molecule has 0 amide bonds. The van der Waals surface area contributed by atoms with Gasteiger partial charge in [0.2, 0.25) is 11.5 Å². The largest absolute Gasteiger partial charge is 0.493 e. The lowest BCUT2D eigenvalue weighted by Crippen LogP contribution is -2.14. The molecular weight excluding hydrogens is 302 g/mol. The lowest BCUT2D eigenvalue weighted by Gasteiger charge is -2.13. The summed E-state index contributed by atoms with van der Waals surface area (Å²) in [5.74, 6) is 0.0398. The number of esters is 1. The number of Topliss-reactive ketones (excluding diaryl/α,β-unsaturated/α-hetero) is 1. The molecule has 0 radical (unpaired) electrons. The summed E-state index contributed by atoms with van der Waals surface area (Å²) < 4.78 is 20.5. The number of carbonyl (C=O) groups excluding carboxylic acids is 2. The topological polar surface area (TPSA) is 86.9 Å². The summed E-state index contributed by atoms with van der Waals surface area (Å²) in [5, 5.41) is 0. The summed E-state index contributed by atoms with van der Waals surface area (Å²) in [4.78, 5) is 26.7. The van der Waals surface area contributed by atoms with Crippen molar-refractivity contribution < 1.29 is 28.5 Å². The van der Waals surface area contributed by atoms with Gasteiger partial charge in [-0.1, -0.05) is 0 Å². The number of methoxy groups -OCH3 is 3.